The summed E-state index contributed by atoms with van der Waals surface area (Å²) in [5.41, 5.74) is 12.3. The van der Waals surface area contributed by atoms with Crippen LogP contribution in [0.2, 0.25) is 0 Å². The van der Waals surface area contributed by atoms with Gasteiger partial charge in [-0.3, -0.25) is 33.8 Å². The highest BCUT2D eigenvalue weighted by atomic mass is 32.2. The van der Waals surface area contributed by atoms with Gasteiger partial charge in [0.25, 0.3) is 5.91 Å². The van der Waals surface area contributed by atoms with Crippen molar-refractivity contribution < 1.29 is 111 Å². The molecule has 3 aliphatic carbocycles. The summed E-state index contributed by atoms with van der Waals surface area (Å²) in [4.78, 5) is 84.4. The van der Waals surface area contributed by atoms with Crippen LogP contribution in [-0.4, -0.2) is 183 Å². The van der Waals surface area contributed by atoms with E-state index in [1.165, 1.54) is 73.3 Å². The Labute approximate surface area is 779 Å². The van der Waals surface area contributed by atoms with Crippen LogP contribution in [0.4, 0.5) is 24.8 Å². The lowest BCUT2D eigenvalue weighted by molar-refractivity contribution is -0.162. The molecule has 3 aromatic heterocycles. The molecule has 26 nitrogen and oxygen atoms in total. The minimum Gasteiger partial charge on any atom is -0.481 e. The summed E-state index contributed by atoms with van der Waals surface area (Å²) < 4.78 is 79.7. The molecule has 1 aliphatic heterocycles. The summed E-state index contributed by atoms with van der Waals surface area (Å²) in [7, 11) is -2.33. The SMILES string of the molecule is CC(C)c1c(C(=O)Nc2ccccc2)c(-c2ccccc2)c(-c2ccc(F)cc2)n1CC[C@@H](O)C[C@@H](O)CC(=O)O.CC(C)c1nc(N(C)S(C)(=O)=O)nc(-c2ccc(F)cc2)c1/C=C/[C@@H](O)C[C@@H](O)CC(=O)O.CC[C@H](C)C(=O)O[C@H]1C[C@@H](C)C=C2C=C[C@H](C)[C@H](CC[C@@H]3C[C@@H](O)CC(=O)O3)[C@H]21.O=C(O)C[C@H](O)C[C@H](O)/C=C/c1c(C2CC2)nc2ccccc2c1-c1ccc(F)cc1. The number of carbonyl (C=O) groups excluding carboxylic acids is 3. The number of carboxylic acid groups (broad SMARTS) is 3. The van der Waals surface area contributed by atoms with Crippen molar-refractivity contribution in [1.29, 1.82) is 0 Å². The number of carbonyl (C=O) groups is 6. The number of allylic oxidation sites excluding steroid dienone is 3. The molecule has 0 radical (unpaired) electrons. The lowest BCUT2D eigenvalue weighted by atomic mass is 9.65. The Morgan fingerprint density at radius 1 is 0.634 bits per heavy atom. The monoisotopic (exact) mass is 1860 g/mol. The summed E-state index contributed by atoms with van der Waals surface area (Å²) in [5, 5.41) is 101. The van der Waals surface area contributed by atoms with Crippen molar-refractivity contribution in [3.05, 3.63) is 245 Å². The van der Waals surface area contributed by atoms with Crippen LogP contribution in [0.5, 0.6) is 0 Å². The predicted molar refractivity (Wildman–Crippen MR) is 508 cm³/mol. The molecule has 134 heavy (non-hydrogen) atoms. The number of nitrogens with one attached hydrogen (secondary N) is 1. The van der Waals surface area contributed by atoms with Crippen molar-refractivity contribution in [1.82, 2.24) is 19.5 Å². The van der Waals surface area contributed by atoms with E-state index in [1.54, 1.807) is 36.4 Å². The number of nitrogens with zero attached hydrogens (tertiary/aromatic N) is 5. The molecule has 1 saturated heterocycles. The van der Waals surface area contributed by atoms with Crippen molar-refractivity contribution in [3.8, 4) is 44.8 Å². The van der Waals surface area contributed by atoms with E-state index < -0.39 is 95.7 Å². The lowest BCUT2D eigenvalue weighted by Gasteiger charge is -2.43. The molecule has 1 saturated carbocycles. The molecule has 14 atom stereocenters. The number of ether oxygens (including phenoxy) is 2. The molecule has 0 spiro atoms. The number of esters is 2. The van der Waals surface area contributed by atoms with E-state index in [1.807, 2.05) is 131 Å². The second kappa shape index (κ2) is 48.4. The van der Waals surface area contributed by atoms with Crippen molar-refractivity contribution in [2.24, 2.45) is 29.6 Å². The number of aliphatic hydroxyl groups excluding tert-OH is 7. The van der Waals surface area contributed by atoms with Gasteiger partial charge in [-0.1, -0.05) is 177 Å². The van der Waals surface area contributed by atoms with Crippen LogP contribution in [0.1, 0.15) is 208 Å². The smallest absolute Gasteiger partial charge is 0.308 e. The number of hydrogen-bond acceptors (Lipinski definition) is 20. The molecule has 0 unspecified atom stereocenters. The minimum absolute atomic E-state index is 0.0601. The normalized spacial score (nSPS) is 19.2. The van der Waals surface area contributed by atoms with Gasteiger partial charge in [-0.15, -0.1) is 0 Å². The number of amides is 1. The predicted octanol–water partition coefficient (Wildman–Crippen LogP) is 17.4. The number of aromatic nitrogens is 4. The Bertz CT molecular complexity index is 5760. The zero-order valence-corrected chi connectivity index (χ0v) is 77.8. The fourth-order valence-electron chi connectivity index (χ4n) is 17.2. The zero-order valence-electron chi connectivity index (χ0n) is 77.0. The second-order valence-electron chi connectivity index (χ2n) is 35.7. The Morgan fingerprint density at radius 2 is 1.16 bits per heavy atom. The van der Waals surface area contributed by atoms with Crippen molar-refractivity contribution in [3.63, 3.8) is 0 Å². The number of cyclic esters (lactones) is 1. The van der Waals surface area contributed by atoms with Crippen LogP contribution < -0.4 is 9.62 Å². The van der Waals surface area contributed by atoms with Crippen molar-refractivity contribution in [2.75, 3.05) is 22.9 Å². The molecule has 9 aromatic rings. The number of anilines is 2. The van der Waals surface area contributed by atoms with Gasteiger partial charge in [0.05, 0.1) is 114 Å². The molecule has 30 heteroatoms. The molecule has 2 fully saturated rings. The van der Waals surface area contributed by atoms with Gasteiger partial charge >= 0.3 is 29.8 Å². The first-order chi connectivity index (χ1) is 63.6. The number of halogens is 3. The number of pyridine rings is 1. The van der Waals surface area contributed by atoms with Gasteiger partial charge in [-0.25, -0.2) is 35.9 Å². The van der Waals surface area contributed by atoms with Gasteiger partial charge in [0.2, 0.25) is 16.0 Å². The first kappa shape index (κ1) is 104. The highest BCUT2D eigenvalue weighted by Crippen LogP contribution is 2.49. The number of aliphatic hydroxyl groups is 7. The molecule has 4 heterocycles. The van der Waals surface area contributed by atoms with E-state index in [0.717, 1.165) is 93.6 Å². The van der Waals surface area contributed by atoms with Gasteiger partial charge in [0.1, 0.15) is 29.7 Å². The maximum absolute atomic E-state index is 14.0. The minimum atomic E-state index is -3.65. The third kappa shape index (κ3) is 29.3. The average Bonchev–Trinajstić information content (AvgIpc) is 1.58. The Balaban J connectivity index is 0.000000187. The van der Waals surface area contributed by atoms with Crippen LogP contribution >= 0.6 is 0 Å². The van der Waals surface area contributed by atoms with Crippen LogP contribution in [0.3, 0.4) is 0 Å². The molecular weight excluding hydrogens is 1740 g/mol. The highest BCUT2D eigenvalue weighted by molar-refractivity contribution is 7.92. The standard InChI is InChI=1S/C33H35FN2O5.C25H24FNO4.C24H36O5.C22H28FN3O6S/c1-21(2)31-30(33(41)35-25-11-7-4-8-12-25)29(22-9-5-3-6-10-22)32(23-13-15-24(34)16-14-23)36(31)18-17-26(37)19-27(38)20-28(39)40;26-17-9-7-15(8-10-17)24-20-3-1-2-4-22(20)27-25(16-5-6-16)21(24)12-11-18(28)13-19(29)14-23(30)31;1-5-15(3)24(27)29-21-11-14(2)10-17-7-6-16(4)20(23(17)21)9-8-19-12-18(25)13-22(26)28-19;1-13(2)20-18(10-9-16(27)11-17(28)12-19(29)30)21(14-5-7-15(23)8-6-14)25-22(24-20)26(3)33(4,31)32/h3-16,21,26-27,37-38H,17-20H2,1-2H3,(H,35,41)(H,39,40);1-4,7-12,16,18-19,28-29H,5-6,13-14H2,(H,30,31);6-7,10,14-16,18-21,23,25H,5,8-9,11-13H2,1-4H3;5-10,13,16-17,27-28H,11-12H2,1-4H3,(H,29,30)/b;12-11+;;10-9+/t26-,27-;18-,19-;14-,15-,16-,18+,19+,20-,21-,23-;16-,17-/m1101/s1. The van der Waals surface area contributed by atoms with Crippen LogP contribution in [0, 0.1) is 47.0 Å². The zero-order chi connectivity index (χ0) is 97.5. The summed E-state index contributed by atoms with van der Waals surface area (Å²) >= 11 is 0. The average molecular weight is 1870 g/mol. The van der Waals surface area contributed by atoms with Gasteiger partial charge in [-0.2, -0.15) is 0 Å². The van der Waals surface area contributed by atoms with Crippen LogP contribution in [0.15, 0.2) is 194 Å². The Hall–Kier alpha value is -11.9. The van der Waals surface area contributed by atoms with E-state index in [0.29, 0.717) is 80.7 Å². The molecule has 4 aliphatic rings. The molecule has 1 amide bonds. The lowest BCUT2D eigenvalue weighted by Crippen LogP contribution is -2.42. The molecule has 11 N–H and O–H groups in total. The molecular formula is C104H123F3N6O20S. The summed E-state index contributed by atoms with van der Waals surface area (Å²) in [6.07, 6.45) is 10.9. The summed E-state index contributed by atoms with van der Waals surface area (Å²) in [6, 6.07) is 44.4. The first-order valence-electron chi connectivity index (χ1n) is 45.5. The van der Waals surface area contributed by atoms with Crippen molar-refractivity contribution >= 4 is 80.5 Å². The fraction of sp³-hybridized carbons (Fsp3) is 0.413. The third-order valence-electron chi connectivity index (χ3n) is 24.1. The van der Waals surface area contributed by atoms with Gasteiger partial charge in [0, 0.05) is 89.3 Å². The topological polar surface area (TPSA) is 416 Å². The van der Waals surface area contributed by atoms with Crippen molar-refractivity contribution in [2.45, 2.75) is 231 Å². The molecule has 716 valence electrons. The maximum atomic E-state index is 14.0. The quantitative estimate of drug-likeness (QED) is 0.0162. The Morgan fingerprint density at radius 3 is 1.70 bits per heavy atom. The van der Waals surface area contributed by atoms with Crippen LogP contribution in [-0.2, 0) is 50.0 Å². The Kier molecular flexibility index (Phi) is 37.6. The number of benzene rings is 6. The largest absolute Gasteiger partial charge is 0.481 e. The number of carboxylic acids is 3. The fourth-order valence-corrected chi connectivity index (χ4v) is 17.6. The van der Waals surface area contributed by atoms with E-state index in [4.69, 9.17) is 29.8 Å². The first-order valence-corrected chi connectivity index (χ1v) is 47.3. The molecule has 0 bridgehead atoms. The van der Waals surface area contributed by atoms with E-state index in [-0.39, 0.29) is 110 Å². The van der Waals surface area contributed by atoms with Gasteiger partial charge in [-0.05, 0) is 182 Å². The number of fused-ring (bicyclic) bond motifs is 2. The number of rotatable bonds is 36. The summed E-state index contributed by atoms with van der Waals surface area (Å²) in [6.45, 7) is 16.3. The second-order valence-corrected chi connectivity index (χ2v) is 37.8. The molecule has 13 rings (SSSR count). The van der Waals surface area contributed by atoms with Crippen LogP contribution in [0.25, 0.3) is 67.8 Å². The number of aliphatic carboxylic acids is 3. The third-order valence-corrected chi connectivity index (χ3v) is 25.3. The van der Waals surface area contributed by atoms with E-state index in [2.05, 4.69) is 47.4 Å². The van der Waals surface area contributed by atoms with Gasteiger partial charge < -0.3 is 70.4 Å². The van der Waals surface area contributed by atoms with E-state index >= 15 is 0 Å². The number of sulfonamides is 1. The number of para-hydroxylation sites is 2. The van der Waals surface area contributed by atoms with E-state index in [9.17, 15) is 86.1 Å². The highest BCUT2D eigenvalue weighted by Gasteiger charge is 2.43. The number of hydrogen-bond donors (Lipinski definition) is 11. The molecule has 6 aromatic carbocycles. The summed E-state index contributed by atoms with van der Waals surface area (Å²) in [5.74, 6) is -4.15. The van der Waals surface area contributed by atoms with Gasteiger partial charge in [0.15, 0.2) is 0 Å². The maximum Gasteiger partial charge on any atom is 0.308 e.